The molecule has 0 bridgehead atoms. The Bertz CT molecular complexity index is 717. The first kappa shape index (κ1) is 22.8. The van der Waals surface area contributed by atoms with Crippen molar-refractivity contribution in [2.24, 2.45) is 5.92 Å². The van der Waals surface area contributed by atoms with Crippen molar-refractivity contribution in [3.63, 3.8) is 0 Å². The van der Waals surface area contributed by atoms with Gasteiger partial charge in [0, 0.05) is 25.6 Å². The van der Waals surface area contributed by atoms with Crippen molar-refractivity contribution in [3.05, 3.63) is 35.1 Å². The molecule has 0 N–H and O–H groups in total. The van der Waals surface area contributed by atoms with E-state index in [1.54, 1.807) is 0 Å². The fraction of sp³-hybridized carbons (Fsp3) is 0.667. The molecule has 2 heterocycles. The number of alkyl halides is 3. The molecule has 30 heavy (non-hydrogen) atoms. The van der Waals surface area contributed by atoms with Crippen LogP contribution < -0.4 is 0 Å². The van der Waals surface area contributed by atoms with Crippen LogP contribution in [0.25, 0.3) is 0 Å². The normalized spacial score (nSPS) is 21.7. The summed E-state index contributed by atoms with van der Waals surface area (Å²) >= 11 is 0. The van der Waals surface area contributed by atoms with E-state index in [1.165, 1.54) is 9.80 Å². The summed E-state index contributed by atoms with van der Waals surface area (Å²) in [7, 11) is 0. The molecule has 1 amide bonds. The van der Waals surface area contributed by atoms with Gasteiger partial charge < -0.3 is 9.64 Å². The smallest absolute Gasteiger partial charge is 0.401 e. The number of allylic oxidation sites excluding steroid dienone is 3. The van der Waals surface area contributed by atoms with Gasteiger partial charge in [-0.15, -0.1) is 0 Å². The number of amides is 1. The fourth-order valence-electron chi connectivity index (χ4n) is 3.92. The molecule has 168 valence electrons. The summed E-state index contributed by atoms with van der Waals surface area (Å²) < 4.78 is 71.5. The Morgan fingerprint density at radius 3 is 2.43 bits per heavy atom. The molecule has 4 nitrogen and oxygen atoms in total. The Morgan fingerprint density at radius 1 is 1.13 bits per heavy atom. The zero-order valence-corrected chi connectivity index (χ0v) is 16.8. The van der Waals surface area contributed by atoms with Crippen molar-refractivity contribution in [1.29, 1.82) is 0 Å². The van der Waals surface area contributed by atoms with Crippen molar-refractivity contribution in [2.75, 3.05) is 39.3 Å². The molecule has 0 aromatic heterocycles. The number of halogens is 5. The fourth-order valence-corrected chi connectivity index (χ4v) is 3.92. The molecule has 3 rings (SSSR count). The molecule has 0 aromatic carbocycles. The third-order valence-corrected chi connectivity index (χ3v) is 5.76. The molecule has 0 saturated carbocycles. The topological polar surface area (TPSA) is 32.8 Å². The molecule has 3 aliphatic rings. The van der Waals surface area contributed by atoms with Crippen molar-refractivity contribution < 1.29 is 31.5 Å². The first-order valence-electron chi connectivity index (χ1n) is 10.4. The van der Waals surface area contributed by atoms with Gasteiger partial charge in [-0.3, -0.25) is 9.69 Å². The predicted molar refractivity (Wildman–Crippen MR) is 102 cm³/mol. The van der Waals surface area contributed by atoms with Crippen molar-refractivity contribution in [2.45, 2.75) is 44.7 Å². The molecule has 1 aliphatic carbocycles. The summed E-state index contributed by atoms with van der Waals surface area (Å²) in [5.41, 5.74) is -0.543. The maximum absolute atomic E-state index is 14.4. The lowest BCUT2D eigenvalue weighted by atomic mass is 9.92. The first-order valence-corrected chi connectivity index (χ1v) is 10.4. The SMILES string of the molecule is O=C(C1=C(F)C=C(OCCCC2CCN(CC(F)(F)F)CC2)CC=C1F)N1CCC1. The van der Waals surface area contributed by atoms with Gasteiger partial charge in [-0.2, -0.15) is 13.2 Å². The van der Waals surface area contributed by atoms with E-state index in [2.05, 4.69) is 0 Å². The van der Waals surface area contributed by atoms with Crippen LogP contribution in [0.5, 0.6) is 0 Å². The van der Waals surface area contributed by atoms with Gasteiger partial charge in [0.05, 0.1) is 13.2 Å². The van der Waals surface area contributed by atoms with Crippen LogP contribution in [-0.2, 0) is 9.53 Å². The van der Waals surface area contributed by atoms with Crippen LogP contribution in [0.4, 0.5) is 22.0 Å². The molecule has 0 radical (unpaired) electrons. The van der Waals surface area contributed by atoms with E-state index >= 15 is 0 Å². The van der Waals surface area contributed by atoms with Gasteiger partial charge in [-0.05, 0) is 57.2 Å². The highest BCUT2D eigenvalue weighted by Gasteiger charge is 2.32. The summed E-state index contributed by atoms with van der Waals surface area (Å²) in [5, 5.41) is 0. The number of piperidine rings is 1. The van der Waals surface area contributed by atoms with E-state index in [-0.39, 0.29) is 12.2 Å². The molecule has 2 aliphatic heterocycles. The average Bonchev–Trinajstić information content (AvgIpc) is 2.75. The maximum atomic E-state index is 14.4. The van der Waals surface area contributed by atoms with Crippen LogP contribution in [0.1, 0.15) is 38.5 Å². The molecule has 0 unspecified atom stereocenters. The Labute approximate surface area is 173 Å². The molecule has 0 atom stereocenters. The third-order valence-electron chi connectivity index (χ3n) is 5.76. The molecular formula is C21H27F5N2O2. The predicted octanol–water partition coefficient (Wildman–Crippen LogP) is 4.65. The van der Waals surface area contributed by atoms with E-state index < -0.39 is 35.9 Å². The summed E-state index contributed by atoms with van der Waals surface area (Å²) in [6, 6.07) is 0. The number of hydrogen-bond acceptors (Lipinski definition) is 3. The van der Waals surface area contributed by atoms with E-state index in [9.17, 15) is 26.7 Å². The quantitative estimate of drug-likeness (QED) is 0.432. The van der Waals surface area contributed by atoms with Crippen LogP contribution in [-0.4, -0.2) is 61.2 Å². The Hall–Kier alpha value is -1.90. The monoisotopic (exact) mass is 434 g/mol. The van der Waals surface area contributed by atoms with E-state index in [4.69, 9.17) is 4.74 Å². The highest BCUT2D eigenvalue weighted by Crippen LogP contribution is 2.29. The highest BCUT2D eigenvalue weighted by atomic mass is 19.4. The second-order valence-electron chi connectivity index (χ2n) is 8.06. The van der Waals surface area contributed by atoms with Crippen molar-refractivity contribution in [1.82, 2.24) is 9.80 Å². The van der Waals surface area contributed by atoms with E-state index in [0.717, 1.165) is 25.0 Å². The zero-order valence-electron chi connectivity index (χ0n) is 16.8. The number of ether oxygens (including phenoxy) is 1. The summed E-state index contributed by atoms with van der Waals surface area (Å²) in [5.74, 6) is -1.83. The molecule has 9 heteroatoms. The summed E-state index contributed by atoms with van der Waals surface area (Å²) in [6.07, 6.45) is 1.88. The minimum Gasteiger partial charge on any atom is -0.498 e. The molecule has 2 saturated heterocycles. The van der Waals surface area contributed by atoms with Gasteiger partial charge in [0.15, 0.2) is 0 Å². The largest absolute Gasteiger partial charge is 0.498 e. The van der Waals surface area contributed by atoms with Gasteiger partial charge in [0.1, 0.15) is 23.0 Å². The van der Waals surface area contributed by atoms with Crippen molar-refractivity contribution >= 4 is 5.91 Å². The second kappa shape index (κ2) is 9.94. The third kappa shape index (κ3) is 6.30. The number of carbonyl (C=O) groups excluding carboxylic acids is 1. The minimum absolute atomic E-state index is 0.0614. The minimum atomic E-state index is -4.16. The van der Waals surface area contributed by atoms with E-state index in [1.807, 2.05) is 0 Å². The molecular weight excluding hydrogens is 407 g/mol. The van der Waals surface area contributed by atoms with Gasteiger partial charge in [0.25, 0.3) is 5.91 Å². The Morgan fingerprint density at radius 2 is 1.83 bits per heavy atom. The molecule has 0 spiro atoms. The number of nitrogens with zero attached hydrogens (tertiary/aromatic N) is 2. The van der Waals surface area contributed by atoms with Crippen LogP contribution in [0.2, 0.25) is 0 Å². The summed E-state index contributed by atoms with van der Waals surface area (Å²) in [6.45, 7) is 1.33. The van der Waals surface area contributed by atoms with Crippen molar-refractivity contribution in [3.8, 4) is 0 Å². The first-order chi connectivity index (χ1) is 14.2. The van der Waals surface area contributed by atoms with Crippen LogP contribution in [0, 0.1) is 5.92 Å². The molecule has 0 aromatic rings. The lowest BCUT2D eigenvalue weighted by Crippen LogP contribution is -2.43. The van der Waals surface area contributed by atoms with Crippen LogP contribution >= 0.6 is 0 Å². The van der Waals surface area contributed by atoms with Gasteiger partial charge in [-0.25, -0.2) is 8.78 Å². The van der Waals surface area contributed by atoms with Crippen LogP contribution in [0.15, 0.2) is 35.1 Å². The lowest BCUT2D eigenvalue weighted by Gasteiger charge is -2.32. The maximum Gasteiger partial charge on any atom is 0.401 e. The summed E-state index contributed by atoms with van der Waals surface area (Å²) in [4.78, 5) is 15.0. The Kier molecular flexibility index (Phi) is 7.55. The lowest BCUT2D eigenvalue weighted by molar-refractivity contribution is -0.148. The number of carbonyl (C=O) groups is 1. The van der Waals surface area contributed by atoms with Gasteiger partial charge >= 0.3 is 6.18 Å². The number of rotatable bonds is 7. The van der Waals surface area contributed by atoms with E-state index in [0.29, 0.717) is 58.0 Å². The zero-order chi connectivity index (χ0) is 21.7. The number of hydrogen-bond donors (Lipinski definition) is 0. The molecule has 2 fully saturated rings. The Balaban J connectivity index is 1.42. The standard InChI is InChI=1S/C21H27F5N2O2/c22-17-5-4-16(13-18(23)19(17)20(29)28-8-2-9-28)30-12-1-3-15-6-10-27(11-7-15)14-21(24,25)26/h5,13,15H,1-4,6-12,14H2. The van der Waals surface area contributed by atoms with Gasteiger partial charge in [0.2, 0.25) is 0 Å². The highest BCUT2D eigenvalue weighted by molar-refractivity contribution is 5.98. The number of likely N-dealkylation sites (tertiary alicyclic amines) is 2. The van der Waals surface area contributed by atoms with Gasteiger partial charge in [-0.1, -0.05) is 0 Å². The second-order valence-corrected chi connectivity index (χ2v) is 8.06. The van der Waals surface area contributed by atoms with Crippen LogP contribution in [0.3, 0.4) is 0 Å². The average molecular weight is 434 g/mol.